The molecule has 2 N–H and O–H groups in total. The number of anilines is 1. The normalized spacial score (nSPS) is 14.4. The first-order valence-electron chi connectivity index (χ1n) is 7.48. The van der Waals surface area contributed by atoms with Gasteiger partial charge in [0.15, 0.2) is 0 Å². The molecule has 0 fully saturated rings. The number of fused-ring (bicyclic) bond motifs is 1. The molecule has 0 aliphatic heterocycles. The fourth-order valence-electron chi connectivity index (χ4n) is 2.31. The Morgan fingerprint density at radius 2 is 2.00 bits per heavy atom. The van der Waals surface area contributed by atoms with E-state index in [-0.39, 0.29) is 17.3 Å². The average Bonchev–Trinajstić information content (AvgIpc) is 2.50. The van der Waals surface area contributed by atoms with E-state index in [9.17, 15) is 23.1 Å². The summed E-state index contributed by atoms with van der Waals surface area (Å²) in [5.74, 6) is -2.85. The Hall–Kier alpha value is -2.38. The van der Waals surface area contributed by atoms with Gasteiger partial charge in [-0.3, -0.25) is 0 Å². The number of benzene rings is 1. The number of carboxylic acids is 1. The number of aromatic nitrogens is 2. The highest BCUT2D eigenvalue weighted by Gasteiger charge is 2.36. The lowest BCUT2D eigenvalue weighted by molar-refractivity contribution is -0.144. The van der Waals surface area contributed by atoms with E-state index in [1.54, 1.807) is 26.0 Å². The first kappa shape index (κ1) is 18.0. The van der Waals surface area contributed by atoms with E-state index in [1.165, 1.54) is 6.07 Å². The maximum absolute atomic E-state index is 13.0. The van der Waals surface area contributed by atoms with E-state index < -0.39 is 24.0 Å². The second-order valence-corrected chi connectivity index (χ2v) is 5.76. The third kappa shape index (κ3) is 3.74. The number of halogens is 3. The molecule has 2 rings (SSSR count). The molecular formula is C16H18F3N3O2. The van der Waals surface area contributed by atoms with E-state index in [1.807, 2.05) is 6.92 Å². The Bertz CT molecular complexity index is 762. The maximum Gasteiger partial charge on any atom is 0.451 e. The summed E-state index contributed by atoms with van der Waals surface area (Å²) in [7, 11) is 0. The van der Waals surface area contributed by atoms with Crippen molar-refractivity contribution in [3.8, 4) is 0 Å². The molecule has 2 aromatic rings. The number of nitrogens with one attached hydrogen (secondary N) is 1. The van der Waals surface area contributed by atoms with Gasteiger partial charge in [-0.05, 0) is 25.0 Å². The molecule has 1 aromatic heterocycles. The van der Waals surface area contributed by atoms with Crippen molar-refractivity contribution >= 4 is 22.7 Å². The predicted octanol–water partition coefficient (Wildman–Crippen LogP) is 3.87. The topological polar surface area (TPSA) is 75.1 Å². The molecule has 0 spiro atoms. The zero-order valence-corrected chi connectivity index (χ0v) is 13.5. The van der Waals surface area contributed by atoms with Gasteiger partial charge in [-0.25, -0.2) is 14.8 Å². The van der Waals surface area contributed by atoms with Crippen molar-refractivity contribution in [2.75, 3.05) is 5.32 Å². The lowest BCUT2D eigenvalue weighted by Crippen LogP contribution is -2.36. The minimum absolute atomic E-state index is 0.110. The fraction of sp³-hybridized carbons (Fsp3) is 0.438. The summed E-state index contributed by atoms with van der Waals surface area (Å²) in [5.41, 5.74) is 0.919. The predicted molar refractivity (Wildman–Crippen MR) is 83.8 cm³/mol. The summed E-state index contributed by atoms with van der Waals surface area (Å²) < 4.78 is 39.1. The molecule has 0 saturated carbocycles. The minimum Gasteiger partial charge on any atom is -0.480 e. The summed E-state index contributed by atoms with van der Waals surface area (Å²) in [6.45, 7) is 5.31. The molecule has 0 amide bonds. The molecule has 8 heteroatoms. The van der Waals surface area contributed by atoms with Crippen LogP contribution >= 0.6 is 0 Å². The van der Waals surface area contributed by atoms with Crippen LogP contribution in [0.4, 0.5) is 19.0 Å². The van der Waals surface area contributed by atoms with Crippen LogP contribution in [0.3, 0.4) is 0 Å². The zero-order chi connectivity index (χ0) is 18.1. The van der Waals surface area contributed by atoms with Crippen molar-refractivity contribution in [3.05, 3.63) is 29.6 Å². The average molecular weight is 341 g/mol. The first-order chi connectivity index (χ1) is 11.1. The van der Waals surface area contributed by atoms with Crippen LogP contribution in [0, 0.1) is 12.8 Å². The molecule has 24 heavy (non-hydrogen) atoms. The van der Waals surface area contributed by atoms with Crippen LogP contribution in [0.1, 0.15) is 31.7 Å². The van der Waals surface area contributed by atoms with Gasteiger partial charge in [0.05, 0.1) is 5.52 Å². The molecule has 2 atom stereocenters. The number of alkyl halides is 3. The number of carboxylic acid groups (broad SMARTS) is 1. The highest BCUT2D eigenvalue weighted by molar-refractivity contribution is 5.91. The van der Waals surface area contributed by atoms with Gasteiger partial charge in [0.25, 0.3) is 0 Å². The van der Waals surface area contributed by atoms with Crippen molar-refractivity contribution in [2.24, 2.45) is 5.92 Å². The SMILES string of the molecule is CCC(C)C(Nc1nc(C(F)(F)F)nc2ccc(C)cc12)C(=O)O. The minimum atomic E-state index is -4.72. The van der Waals surface area contributed by atoms with Crippen LogP contribution < -0.4 is 5.32 Å². The van der Waals surface area contributed by atoms with Gasteiger partial charge in [0, 0.05) is 5.39 Å². The molecule has 0 bridgehead atoms. The Balaban J connectivity index is 2.61. The van der Waals surface area contributed by atoms with Crippen LogP contribution in [0.5, 0.6) is 0 Å². The Morgan fingerprint density at radius 3 is 2.54 bits per heavy atom. The lowest BCUT2D eigenvalue weighted by atomic mass is 9.99. The van der Waals surface area contributed by atoms with Crippen LogP contribution in [0.25, 0.3) is 10.9 Å². The quantitative estimate of drug-likeness (QED) is 0.863. The number of hydrogen-bond acceptors (Lipinski definition) is 4. The van der Waals surface area contributed by atoms with Crippen molar-refractivity contribution in [2.45, 2.75) is 39.4 Å². The molecule has 130 valence electrons. The Morgan fingerprint density at radius 1 is 1.33 bits per heavy atom. The van der Waals surface area contributed by atoms with E-state index in [4.69, 9.17) is 0 Å². The van der Waals surface area contributed by atoms with Crippen LogP contribution in [-0.2, 0) is 11.0 Å². The molecule has 0 aliphatic carbocycles. The number of aryl methyl sites for hydroxylation is 1. The van der Waals surface area contributed by atoms with E-state index in [0.29, 0.717) is 11.8 Å². The monoisotopic (exact) mass is 341 g/mol. The van der Waals surface area contributed by atoms with Gasteiger partial charge < -0.3 is 10.4 Å². The number of nitrogens with zero attached hydrogens (tertiary/aromatic N) is 2. The Kier molecular flexibility index (Phi) is 4.96. The van der Waals surface area contributed by atoms with Crippen LogP contribution in [0.15, 0.2) is 18.2 Å². The smallest absolute Gasteiger partial charge is 0.451 e. The molecule has 2 unspecified atom stereocenters. The first-order valence-corrected chi connectivity index (χ1v) is 7.48. The summed E-state index contributed by atoms with van der Waals surface area (Å²) >= 11 is 0. The summed E-state index contributed by atoms with van der Waals surface area (Å²) in [6.07, 6.45) is -4.16. The molecule has 0 saturated heterocycles. The van der Waals surface area contributed by atoms with Gasteiger partial charge in [0.2, 0.25) is 5.82 Å². The summed E-state index contributed by atoms with van der Waals surface area (Å²) in [6, 6.07) is 3.69. The number of rotatable bonds is 5. The molecule has 1 aromatic carbocycles. The zero-order valence-electron chi connectivity index (χ0n) is 13.5. The fourth-order valence-corrected chi connectivity index (χ4v) is 2.31. The van der Waals surface area contributed by atoms with Gasteiger partial charge >= 0.3 is 12.1 Å². The third-order valence-corrected chi connectivity index (χ3v) is 3.88. The van der Waals surface area contributed by atoms with Crippen LogP contribution in [0.2, 0.25) is 0 Å². The lowest BCUT2D eigenvalue weighted by Gasteiger charge is -2.22. The molecule has 0 radical (unpaired) electrons. The highest BCUT2D eigenvalue weighted by Crippen LogP contribution is 2.31. The van der Waals surface area contributed by atoms with Crippen molar-refractivity contribution in [1.29, 1.82) is 0 Å². The molecule has 1 heterocycles. The van der Waals surface area contributed by atoms with Gasteiger partial charge in [-0.1, -0.05) is 31.9 Å². The standard InChI is InChI=1S/C16H18F3N3O2/c1-4-9(3)12(14(23)24)21-13-10-7-8(2)5-6-11(10)20-15(22-13)16(17,18)19/h5-7,9,12H,4H2,1-3H3,(H,23,24)(H,20,21,22). The molecule has 5 nitrogen and oxygen atoms in total. The van der Waals surface area contributed by atoms with Crippen LogP contribution in [-0.4, -0.2) is 27.1 Å². The second kappa shape index (κ2) is 6.62. The highest BCUT2D eigenvalue weighted by atomic mass is 19.4. The van der Waals surface area contributed by atoms with E-state index in [2.05, 4.69) is 15.3 Å². The number of hydrogen-bond donors (Lipinski definition) is 2. The molecular weight excluding hydrogens is 323 g/mol. The summed E-state index contributed by atoms with van der Waals surface area (Å²) in [4.78, 5) is 18.5. The van der Waals surface area contributed by atoms with Crippen molar-refractivity contribution < 1.29 is 23.1 Å². The largest absolute Gasteiger partial charge is 0.480 e. The second-order valence-electron chi connectivity index (χ2n) is 5.76. The Labute approximate surface area is 136 Å². The van der Waals surface area contributed by atoms with Gasteiger partial charge in [-0.2, -0.15) is 13.2 Å². The number of aliphatic carboxylic acids is 1. The maximum atomic E-state index is 13.0. The third-order valence-electron chi connectivity index (χ3n) is 3.88. The van der Waals surface area contributed by atoms with Gasteiger partial charge in [0.1, 0.15) is 11.9 Å². The van der Waals surface area contributed by atoms with Crippen molar-refractivity contribution in [3.63, 3.8) is 0 Å². The van der Waals surface area contributed by atoms with Gasteiger partial charge in [-0.15, -0.1) is 0 Å². The molecule has 0 aliphatic rings. The van der Waals surface area contributed by atoms with E-state index >= 15 is 0 Å². The number of carbonyl (C=O) groups is 1. The van der Waals surface area contributed by atoms with E-state index in [0.717, 1.165) is 5.56 Å². The summed E-state index contributed by atoms with van der Waals surface area (Å²) in [5, 5.41) is 12.4. The van der Waals surface area contributed by atoms with Crippen molar-refractivity contribution in [1.82, 2.24) is 9.97 Å².